The first kappa shape index (κ1) is 14.3. The topological polar surface area (TPSA) is 59.7 Å². The molecule has 0 N–H and O–H groups in total. The summed E-state index contributed by atoms with van der Waals surface area (Å²) in [7, 11) is 0. The quantitative estimate of drug-likeness (QED) is 0.734. The lowest BCUT2D eigenvalue weighted by molar-refractivity contribution is 0.496. The third kappa shape index (κ3) is 2.30. The van der Waals surface area contributed by atoms with Crippen LogP contribution in [0.5, 0.6) is 0 Å². The van der Waals surface area contributed by atoms with Crippen LogP contribution in [0.15, 0.2) is 18.7 Å². The molecule has 0 aromatic carbocycles. The number of hydrogen-bond donors (Lipinski definition) is 0. The van der Waals surface area contributed by atoms with Crippen LogP contribution in [0.1, 0.15) is 36.1 Å². The monoisotopic (exact) mass is 340 g/mol. The molecule has 1 saturated heterocycles. The Morgan fingerprint density at radius 3 is 3.04 bits per heavy atom. The molecule has 7 heteroatoms. The molecule has 0 radical (unpaired) electrons. The van der Waals surface area contributed by atoms with Crippen molar-refractivity contribution < 1.29 is 0 Å². The van der Waals surface area contributed by atoms with Crippen LogP contribution < -0.4 is 4.90 Å². The molecule has 3 aromatic rings. The Morgan fingerprint density at radius 2 is 2.12 bits per heavy atom. The van der Waals surface area contributed by atoms with E-state index in [-0.39, 0.29) is 0 Å². The van der Waals surface area contributed by atoms with Gasteiger partial charge in [0.25, 0.3) is 0 Å². The zero-order valence-corrected chi connectivity index (χ0v) is 14.4. The first-order valence-corrected chi connectivity index (χ1v) is 9.58. The van der Waals surface area contributed by atoms with Gasteiger partial charge in [-0.2, -0.15) is 0 Å². The first-order valence-electron chi connectivity index (χ1n) is 8.76. The second-order valence-corrected chi connectivity index (χ2v) is 7.79. The van der Waals surface area contributed by atoms with Gasteiger partial charge in [0.2, 0.25) is 0 Å². The predicted molar refractivity (Wildman–Crippen MR) is 94.4 cm³/mol. The number of thiophene rings is 1. The fourth-order valence-corrected chi connectivity index (χ4v) is 5.37. The smallest absolute Gasteiger partial charge is 0.141 e. The third-order valence-corrected chi connectivity index (χ3v) is 6.45. The molecule has 1 aliphatic heterocycles. The van der Waals surface area contributed by atoms with E-state index in [1.165, 1.54) is 59.2 Å². The van der Waals surface area contributed by atoms with E-state index in [4.69, 9.17) is 4.98 Å². The van der Waals surface area contributed by atoms with Crippen molar-refractivity contribution in [2.45, 2.75) is 51.1 Å². The van der Waals surface area contributed by atoms with Gasteiger partial charge in [0, 0.05) is 17.6 Å². The lowest BCUT2D eigenvalue weighted by Crippen LogP contribution is -2.34. The lowest BCUT2D eigenvalue weighted by atomic mass is 9.97. The third-order valence-electron chi connectivity index (χ3n) is 5.25. The Morgan fingerprint density at radius 1 is 1.17 bits per heavy atom. The van der Waals surface area contributed by atoms with Crippen molar-refractivity contribution in [2.24, 2.45) is 0 Å². The van der Waals surface area contributed by atoms with Crippen molar-refractivity contribution in [3.63, 3.8) is 0 Å². The van der Waals surface area contributed by atoms with Gasteiger partial charge in [0.05, 0.1) is 24.2 Å². The highest BCUT2D eigenvalue weighted by atomic mass is 32.1. The molecule has 124 valence electrons. The Bertz CT molecular complexity index is 855. The summed E-state index contributed by atoms with van der Waals surface area (Å²) < 4.78 is 1.93. The Kier molecular flexibility index (Phi) is 3.47. The molecular weight excluding hydrogens is 320 g/mol. The SMILES string of the molecule is c1cn(C[C@@H]2CCCN2c2ncnc3sc4c(c23)CCCC4)nn1. The van der Waals surface area contributed by atoms with Gasteiger partial charge in [-0.15, -0.1) is 16.4 Å². The summed E-state index contributed by atoms with van der Waals surface area (Å²) in [4.78, 5) is 14.5. The minimum Gasteiger partial charge on any atom is -0.351 e. The van der Waals surface area contributed by atoms with Crippen LogP contribution in [0.3, 0.4) is 0 Å². The summed E-state index contributed by atoms with van der Waals surface area (Å²) in [5, 5.41) is 9.39. The molecular formula is C17H20N6S. The van der Waals surface area contributed by atoms with Crippen molar-refractivity contribution in [3.8, 4) is 0 Å². The second-order valence-electron chi connectivity index (χ2n) is 6.70. The zero-order chi connectivity index (χ0) is 15.9. The van der Waals surface area contributed by atoms with E-state index in [1.54, 1.807) is 12.5 Å². The van der Waals surface area contributed by atoms with Crippen LogP contribution in [-0.4, -0.2) is 37.5 Å². The van der Waals surface area contributed by atoms with E-state index in [0.717, 1.165) is 18.9 Å². The lowest BCUT2D eigenvalue weighted by Gasteiger charge is -2.26. The molecule has 0 saturated carbocycles. The Labute approximate surface area is 144 Å². The first-order chi connectivity index (χ1) is 11.9. The van der Waals surface area contributed by atoms with E-state index in [9.17, 15) is 0 Å². The Balaban J connectivity index is 1.56. The molecule has 1 atom stereocenters. The highest BCUT2D eigenvalue weighted by molar-refractivity contribution is 7.19. The maximum atomic E-state index is 4.72. The molecule has 3 aromatic heterocycles. The van der Waals surface area contributed by atoms with E-state index in [1.807, 2.05) is 22.2 Å². The molecule has 1 aliphatic carbocycles. The second kappa shape index (κ2) is 5.81. The van der Waals surface area contributed by atoms with E-state index < -0.39 is 0 Å². The summed E-state index contributed by atoms with van der Waals surface area (Å²) in [6.07, 6.45) is 12.8. The van der Waals surface area contributed by atoms with E-state index >= 15 is 0 Å². The van der Waals surface area contributed by atoms with E-state index in [2.05, 4.69) is 20.2 Å². The van der Waals surface area contributed by atoms with Gasteiger partial charge in [-0.05, 0) is 44.1 Å². The van der Waals surface area contributed by atoms with Crippen LogP contribution in [-0.2, 0) is 19.4 Å². The number of anilines is 1. The predicted octanol–water partition coefficient (Wildman–Crippen LogP) is 2.83. The van der Waals surface area contributed by atoms with Crippen LogP contribution >= 0.6 is 11.3 Å². The molecule has 24 heavy (non-hydrogen) atoms. The van der Waals surface area contributed by atoms with Gasteiger partial charge in [-0.25, -0.2) is 9.97 Å². The highest BCUT2D eigenvalue weighted by Crippen LogP contribution is 2.40. The maximum Gasteiger partial charge on any atom is 0.141 e. The fourth-order valence-electron chi connectivity index (χ4n) is 4.14. The van der Waals surface area contributed by atoms with Gasteiger partial charge in [0.1, 0.15) is 17.0 Å². The van der Waals surface area contributed by atoms with Gasteiger partial charge in [0.15, 0.2) is 0 Å². The molecule has 2 aliphatic rings. The van der Waals surface area contributed by atoms with Gasteiger partial charge < -0.3 is 4.90 Å². The van der Waals surface area contributed by atoms with Gasteiger partial charge >= 0.3 is 0 Å². The summed E-state index contributed by atoms with van der Waals surface area (Å²) in [6.45, 7) is 1.94. The summed E-state index contributed by atoms with van der Waals surface area (Å²) in [6, 6.07) is 0.434. The summed E-state index contributed by atoms with van der Waals surface area (Å²) in [5.41, 5.74) is 1.52. The summed E-state index contributed by atoms with van der Waals surface area (Å²) >= 11 is 1.87. The standard InChI is InChI=1S/C17H20N6S/c1-2-6-14-13(5-1)15-16(18-11-19-17(15)24-14)23-8-3-4-12(23)10-22-9-7-20-21-22/h7,9,11-12H,1-6,8,10H2/t12-/m0/s1. The minimum atomic E-state index is 0.434. The van der Waals surface area contributed by atoms with Gasteiger partial charge in [-0.3, -0.25) is 4.68 Å². The van der Waals surface area contributed by atoms with Crippen molar-refractivity contribution in [3.05, 3.63) is 29.2 Å². The number of aromatic nitrogens is 5. The number of aryl methyl sites for hydroxylation is 2. The van der Waals surface area contributed by atoms with Gasteiger partial charge in [-0.1, -0.05) is 5.21 Å². The van der Waals surface area contributed by atoms with Crippen molar-refractivity contribution >= 4 is 27.4 Å². The number of hydrogen-bond acceptors (Lipinski definition) is 6. The molecule has 0 amide bonds. The maximum absolute atomic E-state index is 4.72. The largest absolute Gasteiger partial charge is 0.351 e. The normalized spacial score (nSPS) is 20.7. The minimum absolute atomic E-state index is 0.434. The number of nitrogens with zero attached hydrogens (tertiary/aromatic N) is 6. The van der Waals surface area contributed by atoms with E-state index in [0.29, 0.717) is 6.04 Å². The average molecular weight is 340 g/mol. The fraction of sp³-hybridized carbons (Fsp3) is 0.529. The molecule has 1 fully saturated rings. The van der Waals surface area contributed by atoms with Crippen LogP contribution in [0.4, 0.5) is 5.82 Å². The molecule has 0 unspecified atom stereocenters. The average Bonchev–Trinajstić information content (AvgIpc) is 3.34. The Hall–Kier alpha value is -2.02. The molecule has 4 heterocycles. The van der Waals surface area contributed by atoms with Crippen molar-refractivity contribution in [1.82, 2.24) is 25.0 Å². The van der Waals surface area contributed by atoms with Crippen LogP contribution in [0, 0.1) is 0 Å². The zero-order valence-electron chi connectivity index (χ0n) is 13.6. The molecule has 6 nitrogen and oxygen atoms in total. The summed E-state index contributed by atoms with van der Waals surface area (Å²) in [5.74, 6) is 1.14. The van der Waals surface area contributed by atoms with Crippen LogP contribution in [0.25, 0.3) is 10.2 Å². The highest BCUT2D eigenvalue weighted by Gasteiger charge is 2.30. The number of rotatable bonds is 3. The van der Waals surface area contributed by atoms with Crippen molar-refractivity contribution in [2.75, 3.05) is 11.4 Å². The van der Waals surface area contributed by atoms with Crippen molar-refractivity contribution in [1.29, 1.82) is 0 Å². The molecule has 5 rings (SSSR count). The molecule has 0 spiro atoms. The molecule has 0 bridgehead atoms. The van der Waals surface area contributed by atoms with Crippen LogP contribution in [0.2, 0.25) is 0 Å². The number of fused-ring (bicyclic) bond motifs is 3.